The third-order valence-electron chi connectivity index (χ3n) is 3.89. The molecule has 6 nitrogen and oxygen atoms in total. The molecule has 150 valence electrons. The smallest absolute Gasteiger partial charge is 0.331 e. The molecule has 2 aromatic carbocycles. The molecular formula is C21H18ClNO5S. The molecule has 1 aromatic heterocycles. The molecule has 1 N–H and O–H groups in total. The van der Waals surface area contributed by atoms with Crippen LogP contribution in [0.3, 0.4) is 0 Å². The molecule has 1 heterocycles. The van der Waals surface area contributed by atoms with Crippen molar-refractivity contribution in [3.05, 3.63) is 94.9 Å². The summed E-state index contributed by atoms with van der Waals surface area (Å²) in [5.41, 5.74) is 1.45. The van der Waals surface area contributed by atoms with Crippen molar-refractivity contribution < 1.29 is 22.4 Å². The summed E-state index contributed by atoms with van der Waals surface area (Å²) < 4.78 is 37.3. The molecule has 0 spiro atoms. The number of esters is 1. The fourth-order valence-corrected chi connectivity index (χ4v) is 3.62. The number of nitrogens with one attached hydrogen (secondary N) is 1. The highest BCUT2D eigenvalue weighted by Crippen LogP contribution is 2.14. The van der Waals surface area contributed by atoms with E-state index in [9.17, 15) is 13.2 Å². The Labute approximate surface area is 173 Å². The largest absolute Gasteiger partial charge is 0.468 e. The molecule has 0 aliphatic rings. The van der Waals surface area contributed by atoms with E-state index in [-0.39, 0.29) is 18.0 Å². The highest BCUT2D eigenvalue weighted by molar-refractivity contribution is 7.89. The van der Waals surface area contributed by atoms with Crippen molar-refractivity contribution in [3.63, 3.8) is 0 Å². The Morgan fingerprint density at radius 3 is 2.59 bits per heavy atom. The predicted octanol–water partition coefficient (Wildman–Crippen LogP) is 4.17. The summed E-state index contributed by atoms with van der Waals surface area (Å²) in [5, 5.41) is 0.572. The summed E-state index contributed by atoms with van der Waals surface area (Å²) in [6.07, 6.45) is 4.31. The van der Waals surface area contributed by atoms with Crippen molar-refractivity contribution >= 4 is 33.7 Å². The summed E-state index contributed by atoms with van der Waals surface area (Å²) >= 11 is 5.89. The number of furan rings is 1. The second-order valence-corrected chi connectivity index (χ2v) is 8.25. The van der Waals surface area contributed by atoms with E-state index in [4.69, 9.17) is 20.8 Å². The van der Waals surface area contributed by atoms with Crippen LogP contribution < -0.4 is 4.72 Å². The normalized spacial score (nSPS) is 11.6. The van der Waals surface area contributed by atoms with E-state index >= 15 is 0 Å². The number of rotatable bonds is 8. The predicted molar refractivity (Wildman–Crippen MR) is 109 cm³/mol. The standard InChI is InChI=1S/C21H18ClNO5S/c22-18-4-1-3-17(13-18)15-28-21(24)11-8-16-6-9-20(10-7-16)29(25,26)23-14-19-5-2-12-27-19/h1-13,23H,14-15H2/b11-8+. The van der Waals surface area contributed by atoms with Gasteiger partial charge in [0, 0.05) is 11.1 Å². The minimum atomic E-state index is -3.66. The van der Waals surface area contributed by atoms with Gasteiger partial charge in [0.2, 0.25) is 10.0 Å². The summed E-state index contributed by atoms with van der Waals surface area (Å²) in [6, 6.07) is 16.5. The number of carbonyl (C=O) groups excluding carboxylic acids is 1. The third-order valence-corrected chi connectivity index (χ3v) is 5.54. The fraction of sp³-hybridized carbons (Fsp3) is 0.0952. The number of hydrogen-bond donors (Lipinski definition) is 1. The van der Waals surface area contributed by atoms with Gasteiger partial charge < -0.3 is 9.15 Å². The zero-order valence-corrected chi connectivity index (χ0v) is 16.8. The minimum absolute atomic E-state index is 0.0649. The Balaban J connectivity index is 1.54. The molecule has 3 rings (SSSR count). The topological polar surface area (TPSA) is 85.6 Å². The molecule has 0 saturated heterocycles. The van der Waals surface area contributed by atoms with Crippen LogP contribution in [0.5, 0.6) is 0 Å². The molecule has 0 bridgehead atoms. The number of sulfonamides is 1. The van der Waals surface area contributed by atoms with Crippen LogP contribution in [0.2, 0.25) is 5.02 Å². The molecule has 0 aliphatic carbocycles. The lowest BCUT2D eigenvalue weighted by atomic mass is 10.2. The zero-order chi connectivity index (χ0) is 20.7. The van der Waals surface area contributed by atoms with E-state index in [0.717, 1.165) is 5.56 Å². The van der Waals surface area contributed by atoms with E-state index in [2.05, 4.69) is 4.72 Å². The van der Waals surface area contributed by atoms with E-state index in [1.165, 1.54) is 24.5 Å². The average molecular weight is 432 g/mol. The Hall–Kier alpha value is -2.87. The maximum atomic E-state index is 12.3. The first-order chi connectivity index (χ1) is 13.9. The van der Waals surface area contributed by atoms with Crippen LogP contribution in [0.25, 0.3) is 6.08 Å². The van der Waals surface area contributed by atoms with Crippen molar-refractivity contribution in [3.8, 4) is 0 Å². The second-order valence-electron chi connectivity index (χ2n) is 6.04. The summed E-state index contributed by atoms with van der Waals surface area (Å²) in [5.74, 6) is 0.00574. The molecule has 0 aliphatic heterocycles. The first-order valence-electron chi connectivity index (χ1n) is 8.64. The fourth-order valence-electron chi connectivity index (χ4n) is 2.41. The third kappa shape index (κ3) is 6.32. The van der Waals surface area contributed by atoms with E-state index in [1.807, 2.05) is 6.07 Å². The van der Waals surface area contributed by atoms with Crippen molar-refractivity contribution in [1.82, 2.24) is 4.72 Å². The molecular weight excluding hydrogens is 414 g/mol. The van der Waals surface area contributed by atoms with Crippen molar-refractivity contribution in [2.75, 3.05) is 0 Å². The van der Waals surface area contributed by atoms with Gasteiger partial charge in [0.1, 0.15) is 12.4 Å². The van der Waals surface area contributed by atoms with Crippen molar-refractivity contribution in [2.45, 2.75) is 18.0 Å². The second kappa shape index (κ2) is 9.56. The molecule has 29 heavy (non-hydrogen) atoms. The Morgan fingerprint density at radius 2 is 1.90 bits per heavy atom. The molecule has 0 amide bonds. The van der Waals surface area contributed by atoms with Crippen LogP contribution in [0.1, 0.15) is 16.9 Å². The van der Waals surface area contributed by atoms with Gasteiger partial charge >= 0.3 is 5.97 Å². The lowest BCUT2D eigenvalue weighted by molar-refractivity contribution is -0.138. The highest BCUT2D eigenvalue weighted by Gasteiger charge is 2.14. The molecule has 0 radical (unpaired) electrons. The van der Waals surface area contributed by atoms with Gasteiger partial charge in [0.25, 0.3) is 0 Å². The Kier molecular flexibility index (Phi) is 6.87. The van der Waals surface area contributed by atoms with Crippen molar-refractivity contribution in [2.24, 2.45) is 0 Å². The van der Waals surface area contributed by atoms with E-state index in [0.29, 0.717) is 16.3 Å². The Bertz CT molecular complexity index is 1090. The lowest BCUT2D eigenvalue weighted by Crippen LogP contribution is -2.22. The molecule has 0 unspecified atom stereocenters. The van der Waals surface area contributed by atoms with Gasteiger partial charge in [-0.3, -0.25) is 0 Å². The summed E-state index contributed by atoms with van der Waals surface area (Å²) in [7, 11) is -3.66. The maximum Gasteiger partial charge on any atom is 0.331 e. The number of hydrogen-bond acceptors (Lipinski definition) is 5. The molecule has 0 fully saturated rings. The van der Waals surface area contributed by atoms with Crippen LogP contribution >= 0.6 is 11.6 Å². The number of carbonyl (C=O) groups is 1. The van der Waals surface area contributed by atoms with Crippen LogP contribution in [0, 0.1) is 0 Å². The molecule has 8 heteroatoms. The van der Waals surface area contributed by atoms with Gasteiger partial charge in [-0.15, -0.1) is 0 Å². The first kappa shape index (κ1) is 20.9. The number of halogens is 1. The van der Waals surface area contributed by atoms with Gasteiger partial charge in [-0.1, -0.05) is 35.9 Å². The zero-order valence-electron chi connectivity index (χ0n) is 15.2. The first-order valence-corrected chi connectivity index (χ1v) is 10.5. The van der Waals surface area contributed by atoms with E-state index in [1.54, 1.807) is 48.5 Å². The molecule has 0 saturated carbocycles. The van der Waals surface area contributed by atoms with Gasteiger partial charge in [-0.25, -0.2) is 17.9 Å². The van der Waals surface area contributed by atoms with Gasteiger partial charge in [0.05, 0.1) is 17.7 Å². The maximum absolute atomic E-state index is 12.3. The van der Waals surface area contributed by atoms with Crippen molar-refractivity contribution in [1.29, 1.82) is 0 Å². The summed E-state index contributed by atoms with van der Waals surface area (Å²) in [6.45, 7) is 0.178. The van der Waals surface area contributed by atoms with Crippen LogP contribution in [-0.2, 0) is 32.7 Å². The SMILES string of the molecule is O=C(/C=C/c1ccc(S(=O)(=O)NCc2ccco2)cc1)OCc1cccc(Cl)c1. The number of ether oxygens (including phenoxy) is 1. The van der Waals surface area contributed by atoms with Crippen LogP contribution in [-0.4, -0.2) is 14.4 Å². The average Bonchev–Trinajstić information content (AvgIpc) is 3.23. The van der Waals surface area contributed by atoms with Crippen LogP contribution in [0.4, 0.5) is 0 Å². The van der Waals surface area contributed by atoms with Gasteiger partial charge in [-0.05, 0) is 53.6 Å². The quantitative estimate of drug-likeness (QED) is 0.427. The summed E-state index contributed by atoms with van der Waals surface area (Å²) in [4.78, 5) is 12.0. The van der Waals surface area contributed by atoms with Crippen LogP contribution in [0.15, 0.2) is 82.3 Å². The number of benzene rings is 2. The Morgan fingerprint density at radius 1 is 1.10 bits per heavy atom. The minimum Gasteiger partial charge on any atom is -0.468 e. The lowest BCUT2D eigenvalue weighted by Gasteiger charge is -2.06. The highest BCUT2D eigenvalue weighted by atomic mass is 35.5. The molecule has 3 aromatic rings. The van der Waals surface area contributed by atoms with Gasteiger partial charge in [0.15, 0.2) is 0 Å². The monoisotopic (exact) mass is 431 g/mol. The van der Waals surface area contributed by atoms with Gasteiger partial charge in [-0.2, -0.15) is 0 Å². The van der Waals surface area contributed by atoms with E-state index < -0.39 is 16.0 Å². The molecule has 0 atom stereocenters.